The fourth-order valence-electron chi connectivity index (χ4n) is 6.49. The third-order valence-electron chi connectivity index (χ3n) is 9.09. The number of aromatic nitrogens is 4. The molecule has 6 aromatic rings. The van der Waals surface area contributed by atoms with Gasteiger partial charge in [-0.2, -0.15) is 0 Å². The molecule has 0 fully saturated rings. The Labute approximate surface area is 341 Å². The van der Waals surface area contributed by atoms with Gasteiger partial charge in [0.25, 0.3) is 11.1 Å². The van der Waals surface area contributed by atoms with Crippen LogP contribution in [0.4, 0.5) is 11.4 Å². The molecule has 0 aliphatic heterocycles. The molecule has 0 atom stereocenters. The number of nitrogens with zero attached hydrogens (tertiary/aromatic N) is 5. The lowest BCUT2D eigenvalue weighted by Crippen LogP contribution is -2.30. The molecule has 6 rings (SSSR count). The summed E-state index contributed by atoms with van der Waals surface area (Å²) in [5, 5.41) is 4.87. The predicted octanol–water partition coefficient (Wildman–Crippen LogP) is 10.1. The summed E-state index contributed by atoms with van der Waals surface area (Å²) >= 11 is 12.0. The van der Waals surface area contributed by atoms with E-state index < -0.39 is 0 Å². The van der Waals surface area contributed by atoms with Gasteiger partial charge in [0.2, 0.25) is 11.8 Å². The Morgan fingerprint density at radius 3 is 1.53 bits per heavy atom. The van der Waals surface area contributed by atoms with Crippen LogP contribution in [-0.2, 0) is 9.59 Å². The van der Waals surface area contributed by atoms with Gasteiger partial charge in [0.1, 0.15) is 11.6 Å². The van der Waals surface area contributed by atoms with E-state index in [9.17, 15) is 19.2 Å². The number of carbonyl (C=O) groups is 2. The molecule has 0 saturated carbocycles. The van der Waals surface area contributed by atoms with Crippen molar-refractivity contribution in [3.05, 3.63) is 152 Å². The van der Waals surface area contributed by atoms with Crippen LogP contribution in [0.2, 0.25) is 10.0 Å². The molecular formula is C45H44Cl2N6O4. The Balaban J connectivity index is 0.000000219. The van der Waals surface area contributed by atoms with Crippen LogP contribution in [0.5, 0.6) is 0 Å². The monoisotopic (exact) mass is 802 g/mol. The maximum Gasteiger partial charge on any atom is 0.266 e. The van der Waals surface area contributed by atoms with Crippen molar-refractivity contribution in [2.24, 2.45) is 0 Å². The van der Waals surface area contributed by atoms with E-state index in [0.29, 0.717) is 83.9 Å². The van der Waals surface area contributed by atoms with Gasteiger partial charge >= 0.3 is 0 Å². The maximum absolute atomic E-state index is 13.5. The highest BCUT2D eigenvalue weighted by Crippen LogP contribution is 2.31. The van der Waals surface area contributed by atoms with Crippen LogP contribution in [0.25, 0.3) is 45.3 Å². The molecule has 0 radical (unpaired) electrons. The summed E-state index contributed by atoms with van der Waals surface area (Å²) in [5.41, 5.74) is 4.59. The number of nitrogens with one attached hydrogen (secondary N) is 1. The van der Waals surface area contributed by atoms with Gasteiger partial charge in [0.05, 0.1) is 44.6 Å². The lowest BCUT2D eigenvalue weighted by Gasteiger charge is -2.23. The lowest BCUT2D eigenvalue weighted by molar-refractivity contribution is -0.116. The Kier molecular flexibility index (Phi) is 13.1. The number of fused-ring (bicyclic) bond motifs is 2. The molecule has 0 aliphatic carbocycles. The van der Waals surface area contributed by atoms with Gasteiger partial charge < -0.3 is 10.2 Å². The van der Waals surface area contributed by atoms with Crippen molar-refractivity contribution >= 4 is 80.3 Å². The summed E-state index contributed by atoms with van der Waals surface area (Å²) in [6.07, 6.45) is 4.90. The average Bonchev–Trinajstić information content (AvgIpc) is 3.17. The van der Waals surface area contributed by atoms with Crippen LogP contribution in [0.1, 0.15) is 76.2 Å². The lowest BCUT2D eigenvalue weighted by atomic mass is 10.1. The molecule has 10 nitrogen and oxygen atoms in total. The number of amides is 2. The third kappa shape index (κ3) is 8.67. The molecule has 1 N–H and O–H groups in total. The number of benzene rings is 4. The molecule has 0 aliphatic rings. The van der Waals surface area contributed by atoms with E-state index in [-0.39, 0.29) is 34.8 Å². The zero-order chi connectivity index (χ0) is 41.7. The summed E-state index contributed by atoms with van der Waals surface area (Å²) in [6, 6.07) is 21.0. The predicted molar refractivity (Wildman–Crippen MR) is 236 cm³/mol. The maximum atomic E-state index is 13.5. The molecular weight excluding hydrogens is 759 g/mol. The first-order valence-electron chi connectivity index (χ1n) is 18.3. The van der Waals surface area contributed by atoms with E-state index >= 15 is 0 Å². The molecule has 292 valence electrons. The van der Waals surface area contributed by atoms with Crippen molar-refractivity contribution in [1.82, 2.24) is 19.1 Å². The van der Waals surface area contributed by atoms with Crippen molar-refractivity contribution in [1.29, 1.82) is 0 Å². The highest BCUT2D eigenvalue weighted by atomic mass is 35.5. The number of anilines is 2. The summed E-state index contributed by atoms with van der Waals surface area (Å²) in [4.78, 5) is 61.7. The van der Waals surface area contributed by atoms with Crippen molar-refractivity contribution in [2.75, 3.05) is 16.8 Å². The molecule has 0 unspecified atom stereocenters. The van der Waals surface area contributed by atoms with E-state index in [1.54, 1.807) is 105 Å². The minimum atomic E-state index is -0.198. The average molecular weight is 804 g/mol. The number of hydrogen-bond acceptors (Lipinski definition) is 6. The molecule has 57 heavy (non-hydrogen) atoms. The molecule has 4 aromatic carbocycles. The van der Waals surface area contributed by atoms with Crippen molar-refractivity contribution in [3.8, 4) is 11.4 Å². The van der Waals surface area contributed by atoms with Gasteiger partial charge in [-0.15, -0.1) is 6.58 Å². The van der Waals surface area contributed by atoms with Gasteiger partial charge in [-0.05, 0) is 72.8 Å². The van der Waals surface area contributed by atoms with Crippen molar-refractivity contribution < 1.29 is 9.59 Å². The molecule has 0 spiro atoms. The number of carbonyl (C=O) groups excluding carboxylic acids is 2. The van der Waals surface area contributed by atoms with Gasteiger partial charge in [0.15, 0.2) is 0 Å². The first kappa shape index (κ1) is 42.1. The number of halogens is 2. The highest BCUT2D eigenvalue weighted by Gasteiger charge is 2.22. The fraction of sp³-hybridized carbons (Fsp3) is 0.200. The van der Waals surface area contributed by atoms with Crippen LogP contribution in [0.15, 0.2) is 108 Å². The Morgan fingerprint density at radius 1 is 0.702 bits per heavy atom. The second kappa shape index (κ2) is 17.8. The van der Waals surface area contributed by atoms with E-state index in [4.69, 9.17) is 33.2 Å². The van der Waals surface area contributed by atoms with Gasteiger partial charge in [-0.3, -0.25) is 28.3 Å². The molecule has 2 aromatic heterocycles. The second-order valence-corrected chi connectivity index (χ2v) is 14.7. The first-order valence-corrected chi connectivity index (χ1v) is 19.0. The third-order valence-corrected chi connectivity index (χ3v) is 9.60. The van der Waals surface area contributed by atoms with Gasteiger partial charge in [-0.1, -0.05) is 82.3 Å². The summed E-state index contributed by atoms with van der Waals surface area (Å²) < 4.78 is 3.22. The van der Waals surface area contributed by atoms with Crippen molar-refractivity contribution in [3.63, 3.8) is 0 Å². The molecule has 12 heteroatoms. The quantitative estimate of drug-likeness (QED) is 0.138. The Bertz CT molecular complexity index is 2660. The minimum absolute atomic E-state index is 0.000124. The molecule has 0 saturated heterocycles. The van der Waals surface area contributed by atoms with E-state index in [1.807, 2.05) is 27.7 Å². The summed E-state index contributed by atoms with van der Waals surface area (Å²) in [7, 11) is 0. The smallest absolute Gasteiger partial charge is 0.266 e. The summed E-state index contributed by atoms with van der Waals surface area (Å²) in [5.74, 6) is 0.897. The topological polar surface area (TPSA) is 119 Å². The van der Waals surface area contributed by atoms with E-state index in [0.717, 1.165) is 0 Å². The zero-order valence-electron chi connectivity index (χ0n) is 32.8. The Hall–Kier alpha value is -6.10. The molecule has 0 bridgehead atoms. The first-order chi connectivity index (χ1) is 27.1. The minimum Gasteiger partial charge on any atom is -0.326 e. The molecule has 2 amide bonds. The zero-order valence-corrected chi connectivity index (χ0v) is 34.3. The second-order valence-electron chi connectivity index (χ2n) is 13.8. The Morgan fingerprint density at radius 2 is 1.14 bits per heavy atom. The number of hydrogen-bond donors (Lipinski definition) is 1. The normalized spacial score (nSPS) is 11.0. The van der Waals surface area contributed by atoms with Crippen molar-refractivity contribution in [2.45, 2.75) is 53.4 Å². The van der Waals surface area contributed by atoms with Gasteiger partial charge in [0, 0.05) is 53.4 Å². The largest absolute Gasteiger partial charge is 0.326 e. The van der Waals surface area contributed by atoms with Gasteiger partial charge in [-0.25, -0.2) is 9.97 Å². The standard InChI is InChI=1S/C24H24ClN3O2.C21H20ClN3O2/c1-6-14-27(16(5)29)21-13-12-20-22(19(21)7-2)26-23(15(3)4)28(24(20)30)18-10-8-17(25)9-11-18;1-5-16-18(23-13(4)26)11-10-17-19(16)24-20(12(2)3)25(21(17)27)15-8-6-14(22)7-9-15/h6-13,15H,1-2,14H2,3-5H3;5-12H,1H2,2-4H3,(H,23,26). The number of rotatable bonds is 10. The van der Waals surface area contributed by atoms with E-state index in [2.05, 4.69) is 25.1 Å². The van der Waals surface area contributed by atoms with Crippen LogP contribution in [-0.4, -0.2) is 37.5 Å². The fourth-order valence-corrected chi connectivity index (χ4v) is 6.74. The van der Waals surface area contributed by atoms with Crippen LogP contribution in [0.3, 0.4) is 0 Å². The highest BCUT2D eigenvalue weighted by molar-refractivity contribution is 6.30. The van der Waals surface area contributed by atoms with Crippen LogP contribution in [0, 0.1) is 0 Å². The molecule has 2 heterocycles. The van der Waals surface area contributed by atoms with Crippen LogP contribution >= 0.6 is 23.2 Å². The summed E-state index contributed by atoms with van der Waals surface area (Å²) in [6.45, 7) is 22.7. The van der Waals surface area contributed by atoms with Crippen LogP contribution < -0.4 is 21.3 Å². The van der Waals surface area contributed by atoms with E-state index in [1.165, 1.54) is 13.8 Å². The SMILES string of the molecule is C=CCN(C(C)=O)c1ccc2c(=O)n(-c3ccc(Cl)cc3)c(C(C)C)nc2c1C=C.C=Cc1c(NC(C)=O)ccc2c(=O)n(-c3ccc(Cl)cc3)c(C(C)C)nc12.